The molecule has 1 aromatic heterocycles. The first-order chi connectivity index (χ1) is 15.5. The summed E-state index contributed by atoms with van der Waals surface area (Å²) in [6.45, 7) is 1.02. The molecule has 33 heavy (non-hydrogen) atoms. The first-order valence-corrected chi connectivity index (χ1v) is 12.4. The molecule has 4 N–H and O–H groups in total. The minimum Gasteiger partial charge on any atom is -0.483 e. The van der Waals surface area contributed by atoms with E-state index in [9.17, 15) is 22.8 Å². The quantitative estimate of drug-likeness (QED) is 0.464. The van der Waals surface area contributed by atoms with Crippen molar-refractivity contribution < 1.29 is 22.7 Å². The van der Waals surface area contributed by atoms with Gasteiger partial charge in [0.15, 0.2) is 16.4 Å². The van der Waals surface area contributed by atoms with Crippen LogP contribution in [0.15, 0.2) is 34.0 Å². The number of benzene rings is 1. The number of sulfone groups is 1. The molecule has 1 saturated carbocycles. The van der Waals surface area contributed by atoms with Gasteiger partial charge in [-0.1, -0.05) is 11.6 Å². The maximum Gasteiger partial charge on any atom is 0.275 e. The Morgan fingerprint density at radius 2 is 1.94 bits per heavy atom. The second-order valence-electron chi connectivity index (χ2n) is 7.89. The lowest BCUT2D eigenvalue weighted by Gasteiger charge is -2.15. The van der Waals surface area contributed by atoms with E-state index in [2.05, 4.69) is 10.6 Å². The summed E-state index contributed by atoms with van der Waals surface area (Å²) < 4.78 is 30.3. The highest BCUT2D eigenvalue weighted by atomic mass is 35.5. The van der Waals surface area contributed by atoms with Crippen LogP contribution in [-0.4, -0.2) is 43.7 Å². The third-order valence-electron chi connectivity index (χ3n) is 5.01. The summed E-state index contributed by atoms with van der Waals surface area (Å²) >= 11 is 6.06. The number of rotatable bonds is 9. The number of carbonyl (C=O) groups excluding carboxylic acids is 2. The number of halogens is 1. The number of nitrogen functional groups attached to an aromatic ring is 1. The maximum absolute atomic E-state index is 12.5. The predicted molar refractivity (Wildman–Crippen MR) is 123 cm³/mol. The molecule has 10 nitrogen and oxygen atoms in total. The van der Waals surface area contributed by atoms with Gasteiger partial charge < -0.3 is 25.7 Å². The second kappa shape index (κ2) is 9.84. The van der Waals surface area contributed by atoms with Gasteiger partial charge in [0, 0.05) is 35.1 Å². The Morgan fingerprint density at radius 3 is 2.58 bits per heavy atom. The molecule has 0 bridgehead atoms. The van der Waals surface area contributed by atoms with Crippen LogP contribution in [0.4, 0.5) is 5.69 Å². The van der Waals surface area contributed by atoms with Crippen LogP contribution in [-0.2, 0) is 32.5 Å². The fourth-order valence-corrected chi connectivity index (χ4v) is 4.19. The van der Waals surface area contributed by atoms with Crippen molar-refractivity contribution in [3.05, 3.63) is 50.9 Å². The van der Waals surface area contributed by atoms with Gasteiger partial charge in [0.25, 0.3) is 11.5 Å². The molecule has 2 amide bonds. The van der Waals surface area contributed by atoms with Gasteiger partial charge in [-0.2, -0.15) is 0 Å². The molecule has 1 aromatic carbocycles. The number of hydrogen-bond donors (Lipinski definition) is 3. The standard InChI is InChI=1S/C21H25ClN4O6S/c1-12-7-17(33(2,30)31)20(23)21(29)26(12)10-18(27)24-9-13-8-14(22)3-6-16(13)32-11-19(28)25-15-4-5-15/h3,6-8,15H,4-5,9-11,23H2,1-2H3,(H,24,27)(H,25,28). The van der Waals surface area contributed by atoms with Crippen LogP contribution in [0, 0.1) is 6.92 Å². The number of nitrogens with two attached hydrogens (primary N) is 1. The van der Waals surface area contributed by atoms with Crippen LogP contribution in [0.3, 0.4) is 0 Å². The van der Waals surface area contributed by atoms with E-state index in [0.29, 0.717) is 16.3 Å². The monoisotopic (exact) mass is 496 g/mol. The van der Waals surface area contributed by atoms with Gasteiger partial charge in [-0.05, 0) is 44.0 Å². The molecule has 178 valence electrons. The van der Waals surface area contributed by atoms with Gasteiger partial charge in [0.05, 0.1) is 4.90 Å². The molecule has 1 aliphatic rings. The third-order valence-corrected chi connectivity index (χ3v) is 6.38. The van der Waals surface area contributed by atoms with E-state index < -0.39 is 27.0 Å². The Labute approximate surface area is 196 Å². The van der Waals surface area contributed by atoms with Crippen LogP contribution in [0.25, 0.3) is 0 Å². The normalized spacial score (nSPS) is 13.4. The molecular weight excluding hydrogens is 472 g/mol. The van der Waals surface area contributed by atoms with E-state index in [1.54, 1.807) is 18.2 Å². The number of aromatic nitrogens is 1. The second-order valence-corrected chi connectivity index (χ2v) is 10.3. The highest BCUT2D eigenvalue weighted by Gasteiger charge is 2.23. The average Bonchev–Trinajstić information content (AvgIpc) is 3.54. The predicted octanol–water partition coefficient (Wildman–Crippen LogP) is 0.770. The van der Waals surface area contributed by atoms with E-state index in [4.69, 9.17) is 22.1 Å². The fourth-order valence-electron chi connectivity index (χ4n) is 3.12. The van der Waals surface area contributed by atoms with Crippen molar-refractivity contribution in [1.82, 2.24) is 15.2 Å². The number of nitrogens with one attached hydrogen (secondary N) is 2. The van der Waals surface area contributed by atoms with Gasteiger partial charge in [-0.15, -0.1) is 0 Å². The molecule has 0 atom stereocenters. The summed E-state index contributed by atoms with van der Waals surface area (Å²) in [5.74, 6) is -0.350. The molecule has 0 spiro atoms. The minimum atomic E-state index is -3.69. The number of anilines is 1. The highest BCUT2D eigenvalue weighted by Crippen LogP contribution is 2.23. The molecule has 0 aliphatic heterocycles. The van der Waals surface area contributed by atoms with Crippen molar-refractivity contribution in [1.29, 1.82) is 0 Å². The number of carbonyl (C=O) groups is 2. The van der Waals surface area contributed by atoms with Gasteiger partial charge in [0.2, 0.25) is 5.91 Å². The van der Waals surface area contributed by atoms with Gasteiger partial charge in [-0.3, -0.25) is 14.4 Å². The van der Waals surface area contributed by atoms with Crippen LogP contribution >= 0.6 is 11.6 Å². The first-order valence-electron chi connectivity index (χ1n) is 10.1. The van der Waals surface area contributed by atoms with E-state index in [0.717, 1.165) is 23.7 Å². The van der Waals surface area contributed by atoms with E-state index >= 15 is 0 Å². The Kier molecular flexibility index (Phi) is 7.33. The summed E-state index contributed by atoms with van der Waals surface area (Å²) in [4.78, 5) is 36.6. The smallest absolute Gasteiger partial charge is 0.275 e. The van der Waals surface area contributed by atoms with Gasteiger partial charge in [-0.25, -0.2) is 8.42 Å². The molecule has 1 aliphatic carbocycles. The van der Waals surface area contributed by atoms with Crippen LogP contribution in [0.5, 0.6) is 5.75 Å². The number of aryl methyl sites for hydroxylation is 1. The summed E-state index contributed by atoms with van der Waals surface area (Å²) in [6, 6.07) is 6.29. The maximum atomic E-state index is 12.5. The minimum absolute atomic E-state index is 0.0314. The van der Waals surface area contributed by atoms with Crippen molar-refractivity contribution in [3.63, 3.8) is 0 Å². The molecule has 0 unspecified atom stereocenters. The first kappa shape index (κ1) is 24.6. The lowest BCUT2D eigenvalue weighted by atomic mass is 10.2. The Hall–Kier alpha value is -3.05. The van der Waals surface area contributed by atoms with E-state index in [1.807, 2.05) is 0 Å². The van der Waals surface area contributed by atoms with Crippen molar-refractivity contribution in [2.24, 2.45) is 0 Å². The van der Waals surface area contributed by atoms with Crippen LogP contribution in [0.1, 0.15) is 24.1 Å². The Morgan fingerprint density at radius 1 is 1.24 bits per heavy atom. The molecule has 0 saturated heterocycles. The number of nitrogens with zero attached hydrogens (tertiary/aromatic N) is 1. The van der Waals surface area contributed by atoms with E-state index in [-0.39, 0.29) is 42.2 Å². The van der Waals surface area contributed by atoms with Crippen molar-refractivity contribution in [3.8, 4) is 5.75 Å². The van der Waals surface area contributed by atoms with Crippen molar-refractivity contribution >= 4 is 38.9 Å². The van der Waals surface area contributed by atoms with E-state index in [1.165, 1.54) is 13.0 Å². The fraction of sp³-hybridized carbons (Fsp3) is 0.381. The largest absolute Gasteiger partial charge is 0.483 e. The molecule has 1 fully saturated rings. The number of ether oxygens (including phenoxy) is 1. The SMILES string of the molecule is Cc1cc(S(C)(=O)=O)c(N)c(=O)n1CC(=O)NCc1cc(Cl)ccc1OCC(=O)NC1CC1. The molecule has 2 aromatic rings. The van der Waals surface area contributed by atoms with Crippen LogP contribution in [0.2, 0.25) is 5.02 Å². The Bertz CT molecular complexity index is 1250. The molecular formula is C21H25ClN4O6S. The number of pyridine rings is 1. The molecule has 3 rings (SSSR count). The lowest BCUT2D eigenvalue weighted by Crippen LogP contribution is -2.35. The van der Waals surface area contributed by atoms with Gasteiger partial charge >= 0.3 is 0 Å². The summed E-state index contributed by atoms with van der Waals surface area (Å²) in [7, 11) is -3.69. The number of hydrogen-bond acceptors (Lipinski definition) is 7. The number of amides is 2. The Balaban J connectivity index is 1.67. The zero-order chi connectivity index (χ0) is 24.3. The van der Waals surface area contributed by atoms with Crippen molar-refractivity contribution in [2.75, 3.05) is 18.6 Å². The molecule has 1 heterocycles. The zero-order valence-corrected chi connectivity index (χ0v) is 19.8. The van der Waals surface area contributed by atoms with Gasteiger partial charge in [0.1, 0.15) is 18.0 Å². The van der Waals surface area contributed by atoms with Crippen molar-refractivity contribution in [2.45, 2.75) is 43.8 Å². The van der Waals surface area contributed by atoms with Crippen LogP contribution < -0.4 is 26.7 Å². The molecule has 0 radical (unpaired) electrons. The third kappa shape index (κ3) is 6.48. The zero-order valence-electron chi connectivity index (χ0n) is 18.2. The summed E-state index contributed by atoms with van der Waals surface area (Å²) in [6.07, 6.45) is 2.89. The average molecular weight is 497 g/mol. The summed E-state index contributed by atoms with van der Waals surface area (Å²) in [5.41, 5.74) is 5.32. The molecule has 12 heteroatoms. The summed E-state index contributed by atoms with van der Waals surface area (Å²) in [5, 5.41) is 5.91. The topological polar surface area (TPSA) is 150 Å². The highest BCUT2D eigenvalue weighted by molar-refractivity contribution is 7.90. The lowest BCUT2D eigenvalue weighted by molar-refractivity contribution is -0.123.